The van der Waals surface area contributed by atoms with Crippen molar-refractivity contribution in [1.82, 2.24) is 0 Å². The van der Waals surface area contributed by atoms with Crippen molar-refractivity contribution in [2.75, 3.05) is 0 Å². The molecule has 0 aliphatic heterocycles. The molecule has 0 saturated heterocycles. The number of alkyl halides is 1. The van der Waals surface area contributed by atoms with Crippen molar-refractivity contribution in [1.29, 1.82) is 0 Å². The SMILES string of the molecule is CC(C)(C)[Si](C)(C)O[C@H]1C(Cl)CC(=O)[C@@H](OCc2ccccc2)[C@H](OCc2ccccc2)[C@H]1OCc1ccccc1. The maximum Gasteiger partial charge on any atom is 0.192 e. The summed E-state index contributed by atoms with van der Waals surface area (Å²) in [5, 5.41) is -0.654. The van der Waals surface area contributed by atoms with Gasteiger partial charge in [-0.05, 0) is 34.8 Å². The Labute approximate surface area is 251 Å². The lowest BCUT2D eigenvalue weighted by molar-refractivity contribution is -0.175. The Kier molecular flexibility index (Phi) is 11.0. The average molecular weight is 595 g/mol. The van der Waals surface area contributed by atoms with Gasteiger partial charge in [0.25, 0.3) is 0 Å². The van der Waals surface area contributed by atoms with Gasteiger partial charge in [0.1, 0.15) is 18.3 Å². The molecule has 5 atom stereocenters. The molecule has 7 heteroatoms. The molecule has 1 aliphatic rings. The molecule has 0 heterocycles. The average Bonchev–Trinajstić information content (AvgIpc) is 3.04. The quantitative estimate of drug-likeness (QED) is 0.129. The van der Waals surface area contributed by atoms with Gasteiger partial charge in [-0.15, -0.1) is 11.6 Å². The van der Waals surface area contributed by atoms with Crippen LogP contribution in [0.1, 0.15) is 43.9 Å². The maximum absolute atomic E-state index is 13.8. The molecule has 41 heavy (non-hydrogen) atoms. The van der Waals surface area contributed by atoms with Crippen molar-refractivity contribution < 1.29 is 23.4 Å². The second-order valence-corrected chi connectivity index (χ2v) is 17.6. The molecule has 0 spiro atoms. The van der Waals surface area contributed by atoms with Crippen molar-refractivity contribution >= 4 is 25.7 Å². The number of ether oxygens (including phenoxy) is 3. The fourth-order valence-corrected chi connectivity index (χ4v) is 6.45. The Balaban J connectivity index is 1.71. The molecule has 0 amide bonds. The Morgan fingerprint density at radius 3 is 1.54 bits per heavy atom. The number of rotatable bonds is 11. The molecule has 0 aromatic heterocycles. The van der Waals surface area contributed by atoms with Crippen molar-refractivity contribution in [3.05, 3.63) is 108 Å². The minimum atomic E-state index is -2.31. The third kappa shape index (κ3) is 8.60. The molecule has 1 aliphatic carbocycles. The fraction of sp³-hybridized carbons (Fsp3) is 0.441. The van der Waals surface area contributed by atoms with Crippen molar-refractivity contribution in [3.8, 4) is 0 Å². The van der Waals surface area contributed by atoms with Gasteiger partial charge >= 0.3 is 0 Å². The van der Waals surface area contributed by atoms with Gasteiger partial charge in [0.2, 0.25) is 0 Å². The summed E-state index contributed by atoms with van der Waals surface area (Å²) in [6.07, 6.45) is -2.68. The maximum atomic E-state index is 13.8. The van der Waals surface area contributed by atoms with E-state index in [4.69, 9.17) is 30.2 Å². The van der Waals surface area contributed by atoms with Crippen LogP contribution in [0.4, 0.5) is 0 Å². The standard InChI is InChI=1S/C34H43ClO5Si/c1-34(2,3)41(4,5)40-30-28(35)21-29(36)31(37-22-25-15-9-6-10-16-25)33(39-24-27-19-13-8-14-20-27)32(30)38-23-26-17-11-7-12-18-26/h6-20,28,30-33H,21-24H2,1-5H3/t28?,30-,31+,32-,33-/m0/s1. The predicted octanol–water partition coefficient (Wildman–Crippen LogP) is 7.71. The number of carbonyl (C=O) groups excluding carboxylic acids is 1. The first-order chi connectivity index (χ1) is 19.5. The van der Waals surface area contributed by atoms with E-state index in [1.165, 1.54) is 0 Å². The van der Waals surface area contributed by atoms with Gasteiger partial charge in [-0.25, -0.2) is 0 Å². The minimum Gasteiger partial charge on any atom is -0.410 e. The second-order valence-electron chi connectivity index (χ2n) is 12.3. The van der Waals surface area contributed by atoms with Crippen LogP contribution in [-0.2, 0) is 43.3 Å². The third-order valence-corrected chi connectivity index (χ3v) is 13.0. The number of ketones is 1. The van der Waals surface area contributed by atoms with Gasteiger partial charge in [0.15, 0.2) is 14.1 Å². The first-order valence-electron chi connectivity index (χ1n) is 14.4. The van der Waals surface area contributed by atoms with Crippen molar-refractivity contribution in [2.45, 2.75) is 94.9 Å². The Morgan fingerprint density at radius 1 is 0.683 bits per heavy atom. The van der Waals surface area contributed by atoms with E-state index in [1.54, 1.807) is 0 Å². The zero-order valence-corrected chi connectivity index (χ0v) is 26.6. The van der Waals surface area contributed by atoms with Crippen LogP contribution in [0.25, 0.3) is 0 Å². The Bertz CT molecular complexity index is 1220. The number of hydrogen-bond acceptors (Lipinski definition) is 5. The summed E-state index contributed by atoms with van der Waals surface area (Å²) in [5.41, 5.74) is 2.99. The molecular formula is C34H43ClO5Si. The lowest BCUT2D eigenvalue weighted by Gasteiger charge is -2.43. The second kappa shape index (κ2) is 14.2. The van der Waals surface area contributed by atoms with Gasteiger partial charge < -0.3 is 18.6 Å². The zero-order valence-electron chi connectivity index (χ0n) is 24.8. The fourth-order valence-electron chi connectivity index (χ4n) is 4.68. The zero-order chi connectivity index (χ0) is 29.5. The molecule has 4 rings (SSSR count). The van der Waals surface area contributed by atoms with Crippen LogP contribution in [0.15, 0.2) is 91.0 Å². The van der Waals surface area contributed by atoms with E-state index in [2.05, 4.69) is 33.9 Å². The summed E-state index contributed by atoms with van der Waals surface area (Å²) in [7, 11) is -2.31. The van der Waals surface area contributed by atoms with Crippen LogP contribution in [0.2, 0.25) is 18.1 Å². The van der Waals surface area contributed by atoms with E-state index in [9.17, 15) is 4.79 Å². The summed E-state index contributed by atoms with van der Waals surface area (Å²) >= 11 is 7.06. The highest BCUT2D eigenvalue weighted by Crippen LogP contribution is 2.41. The monoisotopic (exact) mass is 594 g/mol. The van der Waals surface area contributed by atoms with Crippen LogP contribution < -0.4 is 0 Å². The van der Waals surface area contributed by atoms with Gasteiger partial charge in [-0.2, -0.15) is 0 Å². The predicted molar refractivity (Wildman–Crippen MR) is 166 cm³/mol. The summed E-state index contributed by atoms with van der Waals surface area (Å²) in [6.45, 7) is 11.9. The molecule has 1 unspecified atom stereocenters. The molecule has 1 saturated carbocycles. The molecule has 3 aromatic rings. The number of halogens is 1. The van der Waals surface area contributed by atoms with Gasteiger partial charge in [0.05, 0.1) is 31.3 Å². The largest absolute Gasteiger partial charge is 0.410 e. The molecule has 1 fully saturated rings. The van der Waals surface area contributed by atoms with E-state index in [1.807, 2.05) is 91.0 Å². The number of benzene rings is 3. The Morgan fingerprint density at radius 2 is 1.10 bits per heavy atom. The molecule has 0 radical (unpaired) electrons. The van der Waals surface area contributed by atoms with Gasteiger partial charge in [-0.1, -0.05) is 112 Å². The molecular weight excluding hydrogens is 552 g/mol. The van der Waals surface area contributed by atoms with E-state index in [-0.39, 0.29) is 23.8 Å². The summed E-state index contributed by atoms with van der Waals surface area (Å²) in [5.74, 6) is -0.103. The molecule has 0 bridgehead atoms. The normalized spacial score (nSPS) is 23.8. The van der Waals surface area contributed by atoms with E-state index in [0.717, 1.165) is 16.7 Å². The molecule has 3 aromatic carbocycles. The smallest absolute Gasteiger partial charge is 0.192 e. The van der Waals surface area contributed by atoms with Crippen LogP contribution in [0.5, 0.6) is 0 Å². The summed E-state index contributed by atoms with van der Waals surface area (Å²) in [6, 6.07) is 29.8. The van der Waals surface area contributed by atoms with Crippen LogP contribution in [-0.4, -0.2) is 43.9 Å². The topological polar surface area (TPSA) is 54.0 Å². The molecule has 0 N–H and O–H groups in total. The van der Waals surface area contributed by atoms with E-state index >= 15 is 0 Å². The third-order valence-electron chi connectivity index (χ3n) is 8.10. The van der Waals surface area contributed by atoms with Crippen molar-refractivity contribution in [2.24, 2.45) is 0 Å². The highest BCUT2D eigenvalue weighted by molar-refractivity contribution is 6.74. The first kappa shape index (κ1) is 31.6. The van der Waals surface area contributed by atoms with E-state index in [0.29, 0.717) is 13.2 Å². The number of Topliss-reactive ketones (excluding diaryl/α,β-unsaturated/α-hetero) is 1. The number of carbonyl (C=O) groups is 1. The van der Waals surface area contributed by atoms with Crippen LogP contribution >= 0.6 is 11.6 Å². The van der Waals surface area contributed by atoms with Crippen LogP contribution in [0.3, 0.4) is 0 Å². The lowest BCUT2D eigenvalue weighted by atomic mass is 10.0. The highest BCUT2D eigenvalue weighted by atomic mass is 35.5. The van der Waals surface area contributed by atoms with Gasteiger partial charge in [0, 0.05) is 6.42 Å². The highest BCUT2D eigenvalue weighted by Gasteiger charge is 2.51. The number of hydrogen-bond donors (Lipinski definition) is 0. The minimum absolute atomic E-state index is 0.0620. The van der Waals surface area contributed by atoms with Crippen LogP contribution in [0, 0.1) is 0 Å². The first-order valence-corrected chi connectivity index (χ1v) is 17.7. The van der Waals surface area contributed by atoms with E-state index < -0.39 is 38.1 Å². The molecule has 220 valence electrons. The van der Waals surface area contributed by atoms with Crippen molar-refractivity contribution in [3.63, 3.8) is 0 Å². The summed E-state index contributed by atoms with van der Waals surface area (Å²) < 4.78 is 26.6. The van der Waals surface area contributed by atoms with Gasteiger partial charge in [-0.3, -0.25) is 4.79 Å². The lowest BCUT2D eigenvalue weighted by Crippen LogP contribution is -2.55. The molecule has 5 nitrogen and oxygen atoms in total. The Hall–Kier alpha value is -2.32. The summed E-state index contributed by atoms with van der Waals surface area (Å²) in [4.78, 5) is 13.8.